The van der Waals surface area contributed by atoms with E-state index in [0.29, 0.717) is 18.4 Å². The molecule has 0 aliphatic heterocycles. The normalized spacial score (nSPS) is 29.1. The van der Waals surface area contributed by atoms with Crippen molar-refractivity contribution in [1.29, 1.82) is 0 Å². The highest BCUT2D eigenvalue weighted by Gasteiger charge is 2.21. The maximum absolute atomic E-state index is 11.9. The van der Waals surface area contributed by atoms with Gasteiger partial charge in [0.25, 0.3) is 0 Å². The summed E-state index contributed by atoms with van der Waals surface area (Å²) in [6.45, 7) is 0.877. The second-order valence-corrected chi connectivity index (χ2v) is 6.64. The molecule has 2 aliphatic carbocycles. The van der Waals surface area contributed by atoms with Gasteiger partial charge in [0.2, 0.25) is 5.91 Å². The number of carbonyl (C=O) groups is 1. The lowest BCUT2D eigenvalue weighted by Gasteiger charge is -2.26. The van der Waals surface area contributed by atoms with Gasteiger partial charge in [-0.1, -0.05) is 38.5 Å². The first kappa shape index (κ1) is 14.8. The number of nitrogens with two attached hydrogens (primary N) is 1. The molecule has 2 rings (SSSR count). The van der Waals surface area contributed by atoms with E-state index in [1.54, 1.807) is 0 Å². The van der Waals surface area contributed by atoms with Crippen LogP contribution in [0.2, 0.25) is 0 Å². The zero-order valence-electron chi connectivity index (χ0n) is 12.2. The summed E-state index contributed by atoms with van der Waals surface area (Å²) in [5, 5.41) is 3.11. The van der Waals surface area contributed by atoms with Crippen LogP contribution >= 0.6 is 0 Å². The third kappa shape index (κ3) is 5.52. The van der Waals surface area contributed by atoms with E-state index < -0.39 is 0 Å². The van der Waals surface area contributed by atoms with Crippen LogP contribution in [-0.4, -0.2) is 18.5 Å². The molecule has 0 aromatic carbocycles. The molecule has 0 aromatic heterocycles. The number of carbonyl (C=O) groups excluding carboxylic acids is 1. The van der Waals surface area contributed by atoms with E-state index in [4.69, 9.17) is 5.73 Å². The maximum Gasteiger partial charge on any atom is 0.220 e. The van der Waals surface area contributed by atoms with Crippen LogP contribution in [0.4, 0.5) is 0 Å². The van der Waals surface area contributed by atoms with Crippen molar-refractivity contribution < 1.29 is 4.79 Å². The fourth-order valence-corrected chi connectivity index (χ4v) is 3.74. The molecule has 0 heterocycles. The first-order valence-corrected chi connectivity index (χ1v) is 8.26. The highest BCUT2D eigenvalue weighted by molar-refractivity contribution is 5.76. The Morgan fingerprint density at radius 2 is 1.74 bits per heavy atom. The van der Waals surface area contributed by atoms with Crippen LogP contribution in [0.3, 0.4) is 0 Å². The molecule has 3 N–H and O–H groups in total. The minimum Gasteiger partial charge on any atom is -0.356 e. The molecule has 19 heavy (non-hydrogen) atoms. The summed E-state index contributed by atoms with van der Waals surface area (Å²) in [5.74, 6) is 1.63. The van der Waals surface area contributed by atoms with Crippen LogP contribution in [0, 0.1) is 11.8 Å². The van der Waals surface area contributed by atoms with Crippen LogP contribution in [0.5, 0.6) is 0 Å². The van der Waals surface area contributed by atoms with E-state index in [0.717, 1.165) is 25.3 Å². The molecule has 0 radical (unpaired) electrons. The van der Waals surface area contributed by atoms with E-state index in [1.165, 1.54) is 51.4 Å². The highest BCUT2D eigenvalue weighted by atomic mass is 16.1. The van der Waals surface area contributed by atoms with Crippen molar-refractivity contribution in [2.45, 2.75) is 76.7 Å². The molecule has 0 spiro atoms. The fraction of sp³-hybridized carbons (Fsp3) is 0.938. The molecular formula is C16H30N2O. The Kier molecular flexibility index (Phi) is 6.15. The minimum atomic E-state index is 0.245. The summed E-state index contributed by atoms with van der Waals surface area (Å²) in [6.07, 6.45) is 13.3. The van der Waals surface area contributed by atoms with Crippen molar-refractivity contribution in [3.63, 3.8) is 0 Å². The van der Waals surface area contributed by atoms with E-state index in [1.807, 2.05) is 0 Å². The van der Waals surface area contributed by atoms with Gasteiger partial charge in [0.15, 0.2) is 0 Å². The standard InChI is InChI=1S/C16H30N2O/c17-15-8-4-7-14(11-15)12-16(19)18-10-9-13-5-2-1-3-6-13/h13-15H,1-12,17H2,(H,18,19). The predicted octanol–water partition coefficient (Wildman–Crippen LogP) is 2.98. The minimum absolute atomic E-state index is 0.245. The van der Waals surface area contributed by atoms with Gasteiger partial charge < -0.3 is 11.1 Å². The van der Waals surface area contributed by atoms with Gasteiger partial charge in [0.05, 0.1) is 0 Å². The molecule has 0 saturated heterocycles. The van der Waals surface area contributed by atoms with Crippen LogP contribution in [0.1, 0.15) is 70.6 Å². The van der Waals surface area contributed by atoms with Crippen LogP contribution in [0.15, 0.2) is 0 Å². The van der Waals surface area contributed by atoms with Crippen LogP contribution < -0.4 is 11.1 Å². The summed E-state index contributed by atoms with van der Waals surface area (Å²) in [7, 11) is 0. The second kappa shape index (κ2) is 7.88. The molecule has 2 atom stereocenters. The topological polar surface area (TPSA) is 55.1 Å². The Bertz CT molecular complexity index is 274. The second-order valence-electron chi connectivity index (χ2n) is 6.64. The van der Waals surface area contributed by atoms with Gasteiger partial charge in [-0.2, -0.15) is 0 Å². The van der Waals surface area contributed by atoms with E-state index in [-0.39, 0.29) is 5.91 Å². The molecule has 3 heteroatoms. The Morgan fingerprint density at radius 3 is 2.47 bits per heavy atom. The SMILES string of the molecule is NC1CCCC(CC(=O)NCCC2CCCCC2)C1. The van der Waals surface area contributed by atoms with Gasteiger partial charge >= 0.3 is 0 Å². The Labute approximate surface area is 117 Å². The Hall–Kier alpha value is -0.570. The molecule has 110 valence electrons. The monoisotopic (exact) mass is 266 g/mol. The van der Waals surface area contributed by atoms with Crippen LogP contribution in [-0.2, 0) is 4.79 Å². The lowest BCUT2D eigenvalue weighted by Crippen LogP contribution is -2.32. The number of hydrogen-bond acceptors (Lipinski definition) is 2. The zero-order valence-corrected chi connectivity index (χ0v) is 12.2. The average Bonchev–Trinajstić information content (AvgIpc) is 2.40. The number of rotatable bonds is 5. The number of nitrogens with one attached hydrogen (secondary N) is 1. The van der Waals surface area contributed by atoms with Gasteiger partial charge in [0.1, 0.15) is 0 Å². The lowest BCUT2D eigenvalue weighted by molar-refractivity contribution is -0.122. The smallest absolute Gasteiger partial charge is 0.220 e. The fourth-order valence-electron chi connectivity index (χ4n) is 3.74. The molecule has 2 fully saturated rings. The van der Waals surface area contributed by atoms with Gasteiger partial charge in [-0.05, 0) is 37.5 Å². The average molecular weight is 266 g/mol. The summed E-state index contributed by atoms with van der Waals surface area (Å²) >= 11 is 0. The Morgan fingerprint density at radius 1 is 1.00 bits per heavy atom. The number of hydrogen-bond donors (Lipinski definition) is 2. The van der Waals surface area contributed by atoms with Crippen molar-refractivity contribution in [2.75, 3.05) is 6.54 Å². The molecule has 3 nitrogen and oxygen atoms in total. The summed E-state index contributed by atoms with van der Waals surface area (Å²) in [4.78, 5) is 11.9. The molecule has 2 aliphatic rings. The van der Waals surface area contributed by atoms with Gasteiger partial charge in [-0.25, -0.2) is 0 Å². The van der Waals surface area contributed by atoms with Crippen molar-refractivity contribution in [1.82, 2.24) is 5.32 Å². The molecule has 2 saturated carbocycles. The maximum atomic E-state index is 11.9. The van der Waals surface area contributed by atoms with Crippen molar-refractivity contribution >= 4 is 5.91 Å². The summed E-state index contributed by atoms with van der Waals surface area (Å²) in [5.41, 5.74) is 5.97. The van der Waals surface area contributed by atoms with Crippen molar-refractivity contribution in [2.24, 2.45) is 17.6 Å². The highest BCUT2D eigenvalue weighted by Crippen LogP contribution is 2.27. The summed E-state index contributed by atoms with van der Waals surface area (Å²) in [6, 6.07) is 0.328. The van der Waals surface area contributed by atoms with E-state index in [2.05, 4.69) is 5.32 Å². The van der Waals surface area contributed by atoms with Gasteiger partial charge in [0, 0.05) is 19.0 Å². The summed E-state index contributed by atoms with van der Waals surface area (Å²) < 4.78 is 0. The van der Waals surface area contributed by atoms with Gasteiger partial charge in [-0.15, -0.1) is 0 Å². The van der Waals surface area contributed by atoms with E-state index >= 15 is 0 Å². The third-order valence-electron chi connectivity index (χ3n) is 4.90. The lowest BCUT2D eigenvalue weighted by atomic mass is 9.84. The van der Waals surface area contributed by atoms with Crippen molar-refractivity contribution in [3.8, 4) is 0 Å². The predicted molar refractivity (Wildman–Crippen MR) is 78.8 cm³/mol. The zero-order chi connectivity index (χ0) is 13.5. The molecule has 1 amide bonds. The molecule has 0 aromatic rings. The molecule has 2 unspecified atom stereocenters. The number of amides is 1. The first-order valence-electron chi connectivity index (χ1n) is 8.26. The third-order valence-corrected chi connectivity index (χ3v) is 4.90. The molecule has 0 bridgehead atoms. The quantitative estimate of drug-likeness (QED) is 0.803. The largest absolute Gasteiger partial charge is 0.356 e. The van der Waals surface area contributed by atoms with E-state index in [9.17, 15) is 4.79 Å². The first-order chi connectivity index (χ1) is 9.24. The Balaban J connectivity index is 1.56. The van der Waals surface area contributed by atoms with Crippen molar-refractivity contribution in [3.05, 3.63) is 0 Å². The van der Waals surface area contributed by atoms with Crippen LogP contribution in [0.25, 0.3) is 0 Å². The molecular weight excluding hydrogens is 236 g/mol. The van der Waals surface area contributed by atoms with Gasteiger partial charge in [-0.3, -0.25) is 4.79 Å².